The predicted molar refractivity (Wildman–Crippen MR) is 71.4 cm³/mol. The van der Waals surface area contributed by atoms with Crippen molar-refractivity contribution in [3.8, 4) is 0 Å². The standard InChI is InChI=1S/C12H14BrClFNO/c1-12(2,5-6-13)16-11(17)8-3-4-9(14)10(15)7-8/h3-4,7H,5-6H2,1-2H3,(H,16,17). The van der Waals surface area contributed by atoms with Crippen LogP contribution in [0.5, 0.6) is 0 Å². The van der Waals surface area contributed by atoms with Gasteiger partial charge in [-0.1, -0.05) is 27.5 Å². The number of rotatable bonds is 4. The highest BCUT2D eigenvalue weighted by Crippen LogP contribution is 2.17. The van der Waals surface area contributed by atoms with Crippen molar-refractivity contribution in [1.29, 1.82) is 0 Å². The average molecular weight is 323 g/mol. The lowest BCUT2D eigenvalue weighted by atomic mass is 10.0. The maximum absolute atomic E-state index is 13.2. The van der Waals surface area contributed by atoms with Crippen LogP contribution in [0.1, 0.15) is 30.6 Å². The predicted octanol–water partition coefficient (Wildman–Crippen LogP) is 3.77. The highest BCUT2D eigenvalue weighted by molar-refractivity contribution is 9.09. The van der Waals surface area contributed by atoms with Gasteiger partial charge in [-0.25, -0.2) is 4.39 Å². The molecule has 0 aliphatic rings. The second kappa shape index (κ2) is 5.83. The molecule has 17 heavy (non-hydrogen) atoms. The number of carbonyl (C=O) groups excluding carboxylic acids is 1. The minimum atomic E-state index is -0.586. The molecule has 0 unspecified atom stereocenters. The third-order valence-electron chi connectivity index (χ3n) is 2.35. The minimum absolute atomic E-state index is 0.0151. The van der Waals surface area contributed by atoms with Gasteiger partial charge in [-0.2, -0.15) is 0 Å². The first kappa shape index (κ1) is 14.5. The zero-order chi connectivity index (χ0) is 13.1. The third kappa shape index (κ3) is 4.28. The van der Waals surface area contributed by atoms with Gasteiger partial charge in [0.15, 0.2) is 0 Å². The van der Waals surface area contributed by atoms with Crippen LogP contribution in [0.25, 0.3) is 0 Å². The molecule has 94 valence electrons. The summed E-state index contributed by atoms with van der Waals surface area (Å²) < 4.78 is 13.2. The van der Waals surface area contributed by atoms with Gasteiger partial charge in [0.2, 0.25) is 0 Å². The Labute approximate surface area is 114 Å². The normalized spacial score (nSPS) is 11.4. The first-order valence-electron chi connectivity index (χ1n) is 5.19. The maximum Gasteiger partial charge on any atom is 0.251 e. The fourth-order valence-corrected chi connectivity index (χ4v) is 2.42. The van der Waals surface area contributed by atoms with E-state index in [0.29, 0.717) is 0 Å². The van der Waals surface area contributed by atoms with Crippen LogP contribution < -0.4 is 5.32 Å². The minimum Gasteiger partial charge on any atom is -0.347 e. The molecule has 0 radical (unpaired) electrons. The molecule has 0 aliphatic carbocycles. The second-order valence-electron chi connectivity index (χ2n) is 4.41. The van der Waals surface area contributed by atoms with Gasteiger partial charge < -0.3 is 5.32 Å². The van der Waals surface area contributed by atoms with Crippen LogP contribution in [0.2, 0.25) is 5.02 Å². The zero-order valence-corrected chi connectivity index (χ0v) is 12.0. The Morgan fingerprint density at radius 3 is 2.71 bits per heavy atom. The number of nitrogens with one attached hydrogen (secondary N) is 1. The van der Waals surface area contributed by atoms with Crippen LogP contribution >= 0.6 is 27.5 Å². The maximum atomic E-state index is 13.2. The molecule has 0 aliphatic heterocycles. The Bertz CT molecular complexity index is 423. The van der Waals surface area contributed by atoms with E-state index in [1.54, 1.807) is 0 Å². The lowest BCUT2D eigenvalue weighted by Gasteiger charge is -2.25. The van der Waals surface area contributed by atoms with Gasteiger partial charge in [0, 0.05) is 16.4 Å². The molecule has 0 fully saturated rings. The molecule has 0 bridgehead atoms. The van der Waals surface area contributed by atoms with Crippen molar-refractivity contribution in [1.82, 2.24) is 5.32 Å². The summed E-state index contributed by atoms with van der Waals surface area (Å²) in [7, 11) is 0. The topological polar surface area (TPSA) is 29.1 Å². The molecule has 0 spiro atoms. The number of hydrogen-bond acceptors (Lipinski definition) is 1. The summed E-state index contributed by atoms with van der Waals surface area (Å²) in [5.41, 5.74) is -0.0639. The van der Waals surface area contributed by atoms with Gasteiger partial charge in [-0.05, 0) is 38.5 Å². The van der Waals surface area contributed by atoms with E-state index < -0.39 is 5.82 Å². The van der Waals surface area contributed by atoms with Gasteiger partial charge >= 0.3 is 0 Å². The van der Waals surface area contributed by atoms with Crippen molar-refractivity contribution in [3.63, 3.8) is 0 Å². The lowest BCUT2D eigenvalue weighted by Crippen LogP contribution is -2.43. The van der Waals surface area contributed by atoms with Crippen molar-refractivity contribution in [2.45, 2.75) is 25.8 Å². The van der Waals surface area contributed by atoms with Crippen LogP contribution in [0, 0.1) is 5.82 Å². The second-order valence-corrected chi connectivity index (χ2v) is 5.61. The van der Waals surface area contributed by atoms with E-state index in [1.165, 1.54) is 12.1 Å². The molecule has 1 rings (SSSR count). The molecule has 0 aromatic heterocycles. The van der Waals surface area contributed by atoms with Gasteiger partial charge in [-0.3, -0.25) is 4.79 Å². The van der Waals surface area contributed by atoms with Crippen molar-refractivity contribution < 1.29 is 9.18 Å². The first-order valence-corrected chi connectivity index (χ1v) is 6.69. The van der Waals surface area contributed by atoms with Gasteiger partial charge in [-0.15, -0.1) is 0 Å². The van der Waals surface area contributed by atoms with Crippen molar-refractivity contribution in [2.75, 3.05) is 5.33 Å². The Kier molecular flexibility index (Phi) is 4.95. The SMILES string of the molecule is CC(C)(CCBr)NC(=O)c1ccc(Cl)c(F)c1. The van der Waals surface area contributed by atoms with Crippen molar-refractivity contribution in [3.05, 3.63) is 34.6 Å². The average Bonchev–Trinajstić information content (AvgIpc) is 2.21. The monoisotopic (exact) mass is 321 g/mol. The quantitative estimate of drug-likeness (QED) is 0.840. The fourth-order valence-electron chi connectivity index (χ4n) is 1.32. The Hall–Kier alpha value is -0.610. The summed E-state index contributed by atoms with van der Waals surface area (Å²) in [6, 6.07) is 4.02. The van der Waals surface area contributed by atoms with Crippen LogP contribution in [-0.4, -0.2) is 16.8 Å². The molecule has 2 nitrogen and oxygen atoms in total. The summed E-state index contributed by atoms with van der Waals surface area (Å²) in [5, 5.41) is 3.64. The summed E-state index contributed by atoms with van der Waals surface area (Å²) in [4.78, 5) is 11.9. The largest absolute Gasteiger partial charge is 0.347 e. The Morgan fingerprint density at radius 1 is 1.53 bits per heavy atom. The van der Waals surface area contributed by atoms with E-state index in [2.05, 4.69) is 21.2 Å². The third-order valence-corrected chi connectivity index (χ3v) is 3.06. The van der Waals surface area contributed by atoms with E-state index >= 15 is 0 Å². The Morgan fingerprint density at radius 2 is 2.18 bits per heavy atom. The van der Waals surface area contributed by atoms with Crippen molar-refractivity contribution in [2.24, 2.45) is 0 Å². The molecule has 1 aromatic rings. The highest BCUT2D eigenvalue weighted by Gasteiger charge is 2.20. The van der Waals surface area contributed by atoms with Crippen LogP contribution in [0.15, 0.2) is 18.2 Å². The molecule has 0 saturated carbocycles. The smallest absolute Gasteiger partial charge is 0.251 e. The molecule has 0 atom stereocenters. The van der Waals surface area contributed by atoms with E-state index in [4.69, 9.17) is 11.6 Å². The molecule has 1 N–H and O–H groups in total. The van der Waals surface area contributed by atoms with E-state index in [-0.39, 0.29) is 22.0 Å². The van der Waals surface area contributed by atoms with Crippen LogP contribution in [0.4, 0.5) is 4.39 Å². The molecule has 0 saturated heterocycles. The summed E-state index contributed by atoms with van der Waals surface area (Å²) in [5.74, 6) is -0.885. The molecular weight excluding hydrogens is 308 g/mol. The van der Waals surface area contributed by atoms with Crippen LogP contribution in [-0.2, 0) is 0 Å². The van der Waals surface area contributed by atoms with Gasteiger partial charge in [0.1, 0.15) is 5.82 Å². The molecule has 0 heterocycles. The van der Waals surface area contributed by atoms with Crippen molar-refractivity contribution >= 4 is 33.4 Å². The number of carbonyl (C=O) groups is 1. The number of hydrogen-bond donors (Lipinski definition) is 1. The zero-order valence-electron chi connectivity index (χ0n) is 9.69. The summed E-state index contributed by atoms with van der Waals surface area (Å²) in [6.07, 6.45) is 0.787. The number of benzene rings is 1. The molecule has 5 heteroatoms. The van der Waals surface area contributed by atoms with Gasteiger partial charge in [0.05, 0.1) is 5.02 Å². The number of alkyl halides is 1. The Balaban J connectivity index is 2.80. The molecular formula is C12H14BrClFNO. The van der Waals surface area contributed by atoms with E-state index in [1.807, 2.05) is 13.8 Å². The number of amides is 1. The first-order chi connectivity index (χ1) is 7.85. The summed E-state index contributed by atoms with van der Waals surface area (Å²) in [6.45, 7) is 3.83. The lowest BCUT2D eigenvalue weighted by molar-refractivity contribution is 0.0911. The van der Waals surface area contributed by atoms with E-state index in [9.17, 15) is 9.18 Å². The van der Waals surface area contributed by atoms with Gasteiger partial charge in [0.25, 0.3) is 5.91 Å². The van der Waals surface area contributed by atoms with Crippen LogP contribution in [0.3, 0.4) is 0 Å². The summed E-state index contributed by atoms with van der Waals surface area (Å²) >= 11 is 8.88. The highest BCUT2D eigenvalue weighted by atomic mass is 79.9. The number of halogens is 3. The van der Waals surface area contributed by atoms with E-state index in [0.717, 1.165) is 17.8 Å². The fraction of sp³-hybridized carbons (Fsp3) is 0.417. The molecule has 1 aromatic carbocycles. The molecule has 1 amide bonds.